The van der Waals surface area contributed by atoms with Crippen LogP contribution in [-0.2, 0) is 17.8 Å². The molecule has 6 heteroatoms. The van der Waals surface area contributed by atoms with E-state index >= 15 is 0 Å². The molecule has 0 saturated heterocycles. The molecule has 0 amide bonds. The molecule has 39 heavy (non-hydrogen) atoms. The van der Waals surface area contributed by atoms with Gasteiger partial charge in [-0.2, -0.15) is 0 Å². The number of hydrogen-bond donors (Lipinski definition) is 1. The van der Waals surface area contributed by atoms with Crippen LogP contribution in [0.3, 0.4) is 0 Å². The summed E-state index contributed by atoms with van der Waals surface area (Å²) < 4.78 is 12.0. The molecule has 5 rings (SSSR count). The molecule has 1 aromatic heterocycles. The maximum Gasteiger partial charge on any atom is 0.306 e. The van der Waals surface area contributed by atoms with E-state index in [9.17, 15) is 9.90 Å². The van der Waals surface area contributed by atoms with Gasteiger partial charge in [0.15, 0.2) is 0 Å². The molecule has 1 N–H and O–H groups in total. The van der Waals surface area contributed by atoms with Crippen LogP contribution >= 0.6 is 0 Å². The third kappa shape index (κ3) is 5.96. The minimum absolute atomic E-state index is 0.0339. The lowest BCUT2D eigenvalue weighted by Crippen LogP contribution is -2.26. The van der Waals surface area contributed by atoms with Gasteiger partial charge in [0, 0.05) is 24.8 Å². The standard InChI is InChI=1S/C33H40N2O4/c1-20(2)35(4)19-27-16-25(10-12-28(27)24-14-15-34-31(18-24)38-5)29-13-11-22-6-9-26(17-30(22)39-29)32(23-7-8-23)21(3)33(36)37/h6,9-10,12,14-18,20-21,23,29,32H,7-8,11,13,19H2,1-5H3,(H,36,37)/t21-,29-,32?/m0/s1. The first-order valence-electron chi connectivity index (χ1n) is 14.1. The molecule has 3 aromatic rings. The number of aliphatic carboxylic acids is 1. The number of hydrogen-bond acceptors (Lipinski definition) is 5. The Kier molecular flexibility index (Phi) is 7.94. The number of aryl methyl sites for hydroxylation is 1. The van der Waals surface area contributed by atoms with E-state index < -0.39 is 11.9 Å². The van der Waals surface area contributed by atoms with E-state index in [0.29, 0.717) is 17.8 Å². The molecule has 2 aromatic carbocycles. The van der Waals surface area contributed by atoms with Crippen molar-refractivity contribution in [2.45, 2.75) is 71.1 Å². The van der Waals surface area contributed by atoms with Crippen LogP contribution in [0.15, 0.2) is 54.7 Å². The van der Waals surface area contributed by atoms with Crippen molar-refractivity contribution < 1.29 is 19.4 Å². The first-order valence-corrected chi connectivity index (χ1v) is 14.1. The van der Waals surface area contributed by atoms with Crippen LogP contribution in [-0.4, -0.2) is 41.2 Å². The van der Waals surface area contributed by atoms with Crippen molar-refractivity contribution in [3.8, 4) is 22.8 Å². The number of carbonyl (C=O) groups is 1. The third-order valence-electron chi connectivity index (χ3n) is 8.54. The number of benzene rings is 2. The molecule has 1 aliphatic carbocycles. The molecule has 2 aliphatic rings. The first kappa shape index (κ1) is 27.2. The summed E-state index contributed by atoms with van der Waals surface area (Å²) >= 11 is 0. The van der Waals surface area contributed by atoms with Gasteiger partial charge in [-0.05, 0) is 104 Å². The number of rotatable bonds is 10. The van der Waals surface area contributed by atoms with E-state index in [2.05, 4.69) is 67.2 Å². The highest BCUT2D eigenvalue weighted by Gasteiger charge is 2.39. The molecule has 206 valence electrons. The average Bonchev–Trinajstić information content (AvgIpc) is 3.77. The molecule has 0 radical (unpaired) electrons. The van der Waals surface area contributed by atoms with Gasteiger partial charge in [-0.1, -0.05) is 37.3 Å². The number of carboxylic acid groups (broad SMARTS) is 1. The zero-order valence-corrected chi connectivity index (χ0v) is 23.7. The molecular weight excluding hydrogens is 488 g/mol. The highest BCUT2D eigenvalue weighted by molar-refractivity contribution is 5.71. The maximum atomic E-state index is 11.8. The second kappa shape index (κ2) is 11.4. The summed E-state index contributed by atoms with van der Waals surface area (Å²) in [6.07, 6.45) is 5.79. The Balaban J connectivity index is 1.45. The predicted octanol–water partition coefficient (Wildman–Crippen LogP) is 6.88. The number of ether oxygens (including phenoxy) is 2. The molecule has 3 atom stereocenters. The van der Waals surface area contributed by atoms with Crippen LogP contribution in [0, 0.1) is 11.8 Å². The molecular formula is C33H40N2O4. The Hall–Kier alpha value is -3.38. The van der Waals surface area contributed by atoms with Crippen LogP contribution in [0.4, 0.5) is 0 Å². The van der Waals surface area contributed by atoms with Crippen molar-refractivity contribution in [3.05, 3.63) is 77.0 Å². The zero-order valence-electron chi connectivity index (χ0n) is 23.7. The van der Waals surface area contributed by atoms with Crippen LogP contribution in [0.5, 0.6) is 11.6 Å². The van der Waals surface area contributed by atoms with Crippen LogP contribution in [0.2, 0.25) is 0 Å². The van der Waals surface area contributed by atoms with Gasteiger partial charge >= 0.3 is 5.97 Å². The Morgan fingerprint density at radius 2 is 1.90 bits per heavy atom. The maximum absolute atomic E-state index is 11.8. The normalized spacial score (nSPS) is 18.4. The summed E-state index contributed by atoms with van der Waals surface area (Å²) in [5.74, 6) is 0.851. The van der Waals surface area contributed by atoms with E-state index in [-0.39, 0.29) is 12.0 Å². The fourth-order valence-corrected chi connectivity index (χ4v) is 5.77. The minimum atomic E-state index is -0.728. The lowest BCUT2D eigenvalue weighted by Gasteiger charge is -2.30. The second-order valence-corrected chi connectivity index (χ2v) is 11.5. The monoisotopic (exact) mass is 528 g/mol. The summed E-state index contributed by atoms with van der Waals surface area (Å²) in [5, 5.41) is 9.73. The molecule has 1 saturated carbocycles. The third-order valence-corrected chi connectivity index (χ3v) is 8.54. The highest BCUT2D eigenvalue weighted by Crippen LogP contribution is 2.48. The van der Waals surface area contributed by atoms with Gasteiger partial charge in [0.25, 0.3) is 0 Å². The zero-order chi connectivity index (χ0) is 27.7. The number of aromatic nitrogens is 1. The number of carboxylic acids is 1. The summed E-state index contributed by atoms with van der Waals surface area (Å²) in [5.41, 5.74) is 6.95. The summed E-state index contributed by atoms with van der Waals surface area (Å²) in [6.45, 7) is 7.06. The number of pyridine rings is 1. The predicted molar refractivity (Wildman–Crippen MR) is 153 cm³/mol. The molecule has 1 aliphatic heterocycles. The molecule has 0 spiro atoms. The lowest BCUT2D eigenvalue weighted by molar-refractivity contribution is -0.142. The quantitative estimate of drug-likeness (QED) is 0.309. The molecule has 0 bridgehead atoms. The van der Waals surface area contributed by atoms with E-state index in [1.165, 1.54) is 22.3 Å². The summed E-state index contributed by atoms with van der Waals surface area (Å²) in [7, 11) is 3.79. The van der Waals surface area contributed by atoms with Gasteiger partial charge in [0.1, 0.15) is 11.9 Å². The fraction of sp³-hybridized carbons (Fsp3) is 0.455. The van der Waals surface area contributed by atoms with E-state index in [4.69, 9.17) is 9.47 Å². The van der Waals surface area contributed by atoms with Crippen molar-refractivity contribution in [1.82, 2.24) is 9.88 Å². The van der Waals surface area contributed by atoms with Gasteiger partial charge in [-0.3, -0.25) is 9.69 Å². The van der Waals surface area contributed by atoms with Gasteiger partial charge < -0.3 is 14.6 Å². The van der Waals surface area contributed by atoms with Gasteiger partial charge in [-0.25, -0.2) is 4.98 Å². The Morgan fingerprint density at radius 1 is 1.10 bits per heavy atom. The Labute approximate surface area is 232 Å². The Morgan fingerprint density at radius 3 is 2.59 bits per heavy atom. The number of methoxy groups -OCH3 is 1. The topological polar surface area (TPSA) is 71.9 Å². The molecule has 2 heterocycles. The van der Waals surface area contributed by atoms with E-state index in [1.54, 1.807) is 13.3 Å². The second-order valence-electron chi connectivity index (χ2n) is 11.5. The first-order chi connectivity index (χ1) is 18.7. The highest BCUT2D eigenvalue weighted by atomic mass is 16.5. The van der Waals surface area contributed by atoms with E-state index in [1.807, 2.05) is 19.1 Å². The molecule has 1 fully saturated rings. The minimum Gasteiger partial charge on any atom is -0.485 e. The molecule has 6 nitrogen and oxygen atoms in total. The largest absolute Gasteiger partial charge is 0.485 e. The van der Waals surface area contributed by atoms with Crippen molar-refractivity contribution in [2.24, 2.45) is 11.8 Å². The smallest absolute Gasteiger partial charge is 0.306 e. The lowest BCUT2D eigenvalue weighted by atomic mass is 9.82. The van der Waals surface area contributed by atoms with Crippen molar-refractivity contribution in [3.63, 3.8) is 0 Å². The van der Waals surface area contributed by atoms with Crippen LogP contribution in [0.1, 0.15) is 74.3 Å². The van der Waals surface area contributed by atoms with Crippen LogP contribution in [0.25, 0.3) is 11.1 Å². The number of nitrogens with zero attached hydrogens (tertiary/aromatic N) is 2. The Bertz CT molecular complexity index is 1330. The SMILES string of the molecule is COc1cc(-c2ccc([C@@H]3CCc4ccc(C(C5CC5)[C@H](C)C(=O)O)cc4O3)cc2CN(C)C(C)C)ccn1. The van der Waals surface area contributed by atoms with Gasteiger partial charge in [0.05, 0.1) is 13.0 Å². The summed E-state index contributed by atoms with van der Waals surface area (Å²) in [6, 6.07) is 17.5. The van der Waals surface area contributed by atoms with E-state index in [0.717, 1.165) is 49.1 Å². The van der Waals surface area contributed by atoms with Gasteiger partial charge in [-0.15, -0.1) is 0 Å². The average molecular weight is 529 g/mol. The number of fused-ring (bicyclic) bond motifs is 1. The molecule has 1 unspecified atom stereocenters. The van der Waals surface area contributed by atoms with Crippen LogP contribution < -0.4 is 9.47 Å². The van der Waals surface area contributed by atoms with Crippen molar-refractivity contribution >= 4 is 5.97 Å². The fourth-order valence-electron chi connectivity index (χ4n) is 5.77. The van der Waals surface area contributed by atoms with Crippen molar-refractivity contribution in [2.75, 3.05) is 14.2 Å². The van der Waals surface area contributed by atoms with Gasteiger partial charge in [0.2, 0.25) is 5.88 Å². The van der Waals surface area contributed by atoms with Crippen molar-refractivity contribution in [1.29, 1.82) is 0 Å². The summed E-state index contributed by atoms with van der Waals surface area (Å²) in [4.78, 5) is 18.5.